The Balaban J connectivity index is 1.52. The first kappa shape index (κ1) is 15.7. The molecule has 1 aromatic carbocycles. The lowest BCUT2D eigenvalue weighted by Crippen LogP contribution is -2.47. The summed E-state index contributed by atoms with van der Waals surface area (Å²) in [6.07, 6.45) is 5.06. The third-order valence-corrected chi connectivity index (χ3v) is 6.43. The number of thioether (sulfide) groups is 1. The molecule has 0 bridgehead atoms. The average molecular weight is 344 g/mol. The summed E-state index contributed by atoms with van der Waals surface area (Å²) < 4.78 is 0. The Labute approximate surface area is 145 Å². The maximum absolute atomic E-state index is 12.6. The van der Waals surface area contributed by atoms with E-state index in [1.165, 1.54) is 17.5 Å². The lowest BCUT2D eigenvalue weighted by molar-refractivity contribution is -0.130. The normalized spacial score (nSPS) is 25.9. The summed E-state index contributed by atoms with van der Waals surface area (Å²) in [5, 5.41) is 2.80. The Kier molecular flexibility index (Phi) is 3.87. The molecule has 2 aliphatic heterocycles. The minimum absolute atomic E-state index is 0.171. The second-order valence-electron chi connectivity index (χ2n) is 6.82. The van der Waals surface area contributed by atoms with Crippen LogP contribution < -0.4 is 5.32 Å². The van der Waals surface area contributed by atoms with E-state index in [1.807, 2.05) is 18.2 Å². The van der Waals surface area contributed by atoms with Gasteiger partial charge in [0.05, 0.1) is 6.54 Å². The van der Waals surface area contributed by atoms with Gasteiger partial charge in [0, 0.05) is 11.3 Å². The van der Waals surface area contributed by atoms with Gasteiger partial charge in [0.2, 0.25) is 0 Å². The number of urea groups is 1. The fourth-order valence-corrected chi connectivity index (χ4v) is 5.12. The molecule has 1 spiro atoms. The molecule has 2 fully saturated rings. The average Bonchev–Trinajstić information content (AvgIpc) is 3.15. The van der Waals surface area contributed by atoms with E-state index in [4.69, 9.17) is 0 Å². The van der Waals surface area contributed by atoms with Gasteiger partial charge in [-0.25, -0.2) is 4.79 Å². The molecule has 126 valence electrons. The first-order valence-corrected chi connectivity index (χ1v) is 9.61. The second kappa shape index (κ2) is 5.92. The third-order valence-electron chi connectivity index (χ3n) is 5.24. The van der Waals surface area contributed by atoms with E-state index >= 15 is 0 Å². The largest absolute Gasteiger partial charge is 0.325 e. The number of nitrogens with zero attached hydrogens (tertiary/aromatic N) is 1. The van der Waals surface area contributed by atoms with Gasteiger partial charge < -0.3 is 5.32 Å². The molecule has 1 N–H and O–H groups in total. The summed E-state index contributed by atoms with van der Waals surface area (Å²) in [5.74, 6) is 1.04. The molecule has 6 heteroatoms. The van der Waals surface area contributed by atoms with Crippen LogP contribution in [0, 0.1) is 0 Å². The molecule has 4 rings (SSSR count). The predicted molar refractivity (Wildman–Crippen MR) is 92.3 cm³/mol. The van der Waals surface area contributed by atoms with Gasteiger partial charge in [0.25, 0.3) is 5.91 Å². The fraction of sp³-hybridized carbons (Fsp3) is 0.500. The molecule has 5 nitrogen and oxygen atoms in total. The molecule has 1 aromatic rings. The van der Waals surface area contributed by atoms with Gasteiger partial charge in [-0.05, 0) is 55.1 Å². The highest BCUT2D eigenvalue weighted by Gasteiger charge is 2.53. The first-order valence-electron chi connectivity index (χ1n) is 8.46. The van der Waals surface area contributed by atoms with E-state index in [2.05, 4.69) is 5.32 Å². The number of carbonyl (C=O) groups is 3. The summed E-state index contributed by atoms with van der Waals surface area (Å²) in [7, 11) is 0. The van der Waals surface area contributed by atoms with Crippen molar-refractivity contribution in [2.75, 3.05) is 18.1 Å². The minimum atomic E-state index is -0.780. The fourth-order valence-electron chi connectivity index (χ4n) is 3.79. The van der Waals surface area contributed by atoms with Crippen molar-refractivity contribution in [1.29, 1.82) is 0 Å². The van der Waals surface area contributed by atoms with Crippen molar-refractivity contribution in [3.63, 3.8) is 0 Å². The highest BCUT2D eigenvalue weighted by Crippen LogP contribution is 2.33. The molecule has 0 aromatic heterocycles. The van der Waals surface area contributed by atoms with E-state index in [0.717, 1.165) is 29.9 Å². The van der Waals surface area contributed by atoms with Crippen LogP contribution in [0.5, 0.6) is 0 Å². The van der Waals surface area contributed by atoms with Gasteiger partial charge >= 0.3 is 6.03 Å². The first-order chi connectivity index (χ1) is 11.6. The van der Waals surface area contributed by atoms with Gasteiger partial charge in [0.1, 0.15) is 5.54 Å². The van der Waals surface area contributed by atoms with Crippen LogP contribution in [0.1, 0.15) is 40.7 Å². The lowest BCUT2D eigenvalue weighted by Gasteiger charge is -2.19. The number of rotatable bonds is 3. The molecule has 1 unspecified atom stereocenters. The standard InChI is InChI=1S/C18H20N2O3S/c21-15(14-6-5-12-3-1-2-4-13(12)9-14)10-20-16(22)18(19-17(20)23)7-8-24-11-18/h5-6,9H,1-4,7-8,10-11H2,(H,19,23). The number of hydrogen-bond donors (Lipinski definition) is 1. The van der Waals surface area contributed by atoms with E-state index < -0.39 is 11.6 Å². The van der Waals surface area contributed by atoms with E-state index in [0.29, 0.717) is 17.7 Å². The maximum atomic E-state index is 12.6. The number of benzene rings is 1. The number of amides is 3. The molecular formula is C18H20N2O3S. The summed E-state index contributed by atoms with van der Waals surface area (Å²) >= 11 is 1.66. The van der Waals surface area contributed by atoms with Gasteiger partial charge in [-0.1, -0.05) is 12.1 Å². The number of ketones is 1. The topological polar surface area (TPSA) is 66.5 Å². The van der Waals surface area contributed by atoms with E-state index in [9.17, 15) is 14.4 Å². The minimum Gasteiger partial charge on any atom is -0.322 e. The summed E-state index contributed by atoms with van der Waals surface area (Å²) in [6.45, 7) is -0.171. The molecule has 2 saturated heterocycles. The van der Waals surface area contributed by atoms with Crippen molar-refractivity contribution in [1.82, 2.24) is 10.2 Å². The van der Waals surface area contributed by atoms with Crippen molar-refractivity contribution in [3.05, 3.63) is 34.9 Å². The number of carbonyl (C=O) groups excluding carboxylic acids is 3. The van der Waals surface area contributed by atoms with E-state index in [1.54, 1.807) is 11.8 Å². The predicted octanol–water partition coefficient (Wildman–Crippen LogP) is 2.18. The monoisotopic (exact) mass is 344 g/mol. The maximum Gasteiger partial charge on any atom is 0.325 e. The molecular weight excluding hydrogens is 324 g/mol. The Morgan fingerprint density at radius 2 is 2.00 bits per heavy atom. The molecule has 1 aliphatic carbocycles. The van der Waals surface area contributed by atoms with Crippen molar-refractivity contribution < 1.29 is 14.4 Å². The smallest absolute Gasteiger partial charge is 0.322 e. The summed E-state index contributed by atoms with van der Waals surface area (Å²) in [4.78, 5) is 38.5. The Morgan fingerprint density at radius 1 is 1.21 bits per heavy atom. The van der Waals surface area contributed by atoms with Gasteiger partial charge in [-0.3, -0.25) is 14.5 Å². The Hall–Kier alpha value is -1.82. The zero-order valence-corrected chi connectivity index (χ0v) is 14.3. The van der Waals surface area contributed by atoms with Gasteiger partial charge in [-0.15, -0.1) is 0 Å². The molecule has 3 aliphatic rings. The lowest BCUT2D eigenvalue weighted by atomic mass is 9.89. The number of aryl methyl sites for hydroxylation is 2. The highest BCUT2D eigenvalue weighted by molar-refractivity contribution is 7.99. The van der Waals surface area contributed by atoms with Crippen molar-refractivity contribution in [3.8, 4) is 0 Å². The molecule has 2 heterocycles. The summed E-state index contributed by atoms with van der Waals surface area (Å²) in [5.41, 5.74) is 2.36. The number of imide groups is 1. The zero-order valence-electron chi connectivity index (χ0n) is 13.5. The molecule has 0 radical (unpaired) electrons. The molecule has 1 atom stereocenters. The van der Waals surface area contributed by atoms with Crippen LogP contribution in [0.3, 0.4) is 0 Å². The van der Waals surface area contributed by atoms with Crippen LogP contribution >= 0.6 is 11.8 Å². The number of nitrogens with one attached hydrogen (secondary N) is 1. The van der Waals surface area contributed by atoms with Crippen molar-refractivity contribution >= 4 is 29.5 Å². The van der Waals surface area contributed by atoms with Crippen LogP contribution in [0.2, 0.25) is 0 Å². The highest BCUT2D eigenvalue weighted by atomic mass is 32.2. The number of Topliss-reactive ketones (excluding diaryl/α,β-unsaturated/α-hetero) is 1. The third kappa shape index (κ3) is 2.53. The Bertz CT molecular complexity index is 725. The van der Waals surface area contributed by atoms with Crippen LogP contribution in [-0.2, 0) is 17.6 Å². The molecule has 0 saturated carbocycles. The molecule has 3 amide bonds. The van der Waals surface area contributed by atoms with E-state index in [-0.39, 0.29) is 18.2 Å². The summed E-state index contributed by atoms with van der Waals surface area (Å²) in [6, 6.07) is 5.35. The Morgan fingerprint density at radius 3 is 2.75 bits per heavy atom. The van der Waals surface area contributed by atoms with Gasteiger partial charge in [0.15, 0.2) is 5.78 Å². The van der Waals surface area contributed by atoms with Crippen LogP contribution in [0.25, 0.3) is 0 Å². The van der Waals surface area contributed by atoms with Crippen LogP contribution in [-0.4, -0.2) is 46.2 Å². The van der Waals surface area contributed by atoms with Crippen LogP contribution in [0.4, 0.5) is 4.79 Å². The number of hydrogen-bond acceptors (Lipinski definition) is 4. The van der Waals surface area contributed by atoms with Crippen molar-refractivity contribution in [2.45, 2.75) is 37.6 Å². The van der Waals surface area contributed by atoms with Crippen LogP contribution in [0.15, 0.2) is 18.2 Å². The SMILES string of the molecule is O=C(CN1C(=O)NC2(CCSC2)C1=O)c1ccc2c(c1)CCCC2. The molecule has 24 heavy (non-hydrogen) atoms. The zero-order chi connectivity index (χ0) is 16.7. The van der Waals surface area contributed by atoms with Gasteiger partial charge in [-0.2, -0.15) is 11.8 Å². The quantitative estimate of drug-likeness (QED) is 0.674. The number of fused-ring (bicyclic) bond motifs is 1. The second-order valence-corrected chi connectivity index (χ2v) is 7.93. The van der Waals surface area contributed by atoms with Crippen molar-refractivity contribution in [2.24, 2.45) is 0 Å².